The van der Waals surface area contributed by atoms with Crippen molar-refractivity contribution in [1.82, 2.24) is 10.2 Å². The van der Waals surface area contributed by atoms with Crippen LogP contribution in [0.2, 0.25) is 0 Å². The van der Waals surface area contributed by atoms with E-state index in [1.807, 2.05) is 57.2 Å². The van der Waals surface area contributed by atoms with Crippen molar-refractivity contribution in [1.29, 1.82) is 0 Å². The van der Waals surface area contributed by atoms with Crippen molar-refractivity contribution in [2.75, 3.05) is 17.4 Å². The number of hydrogen-bond acceptors (Lipinski definition) is 4. The molecule has 2 amide bonds. The third kappa shape index (κ3) is 7.01. The molecule has 3 aromatic rings. The van der Waals surface area contributed by atoms with Gasteiger partial charge >= 0.3 is 0 Å². The molecule has 0 aliphatic rings. The largest absolute Gasteiger partial charge is 0.354 e. The molecule has 0 aliphatic heterocycles. The van der Waals surface area contributed by atoms with Crippen molar-refractivity contribution < 1.29 is 18.0 Å². The molecule has 0 fully saturated rings. The minimum Gasteiger partial charge on any atom is -0.354 e. The summed E-state index contributed by atoms with van der Waals surface area (Å²) in [5.41, 5.74) is 3.15. The Balaban J connectivity index is 2.04. The van der Waals surface area contributed by atoms with Crippen molar-refractivity contribution in [3.8, 4) is 0 Å². The predicted octanol–water partition coefficient (Wildman–Crippen LogP) is 4.70. The van der Waals surface area contributed by atoms with Crippen LogP contribution >= 0.6 is 0 Å². The Morgan fingerprint density at radius 3 is 2.26 bits per heavy atom. The molecule has 0 aliphatic carbocycles. The second-order valence-electron chi connectivity index (χ2n) is 9.28. The fraction of sp³-hybridized carbons (Fsp3) is 0.333. The first-order valence-corrected chi connectivity index (χ1v) is 14.4. The molecule has 0 heterocycles. The van der Waals surface area contributed by atoms with E-state index in [1.54, 1.807) is 37.3 Å². The van der Waals surface area contributed by atoms with Gasteiger partial charge in [-0.25, -0.2) is 8.42 Å². The van der Waals surface area contributed by atoms with Crippen LogP contribution in [0.25, 0.3) is 0 Å². The van der Waals surface area contributed by atoms with Crippen LogP contribution in [-0.4, -0.2) is 44.3 Å². The monoisotopic (exact) mass is 535 g/mol. The van der Waals surface area contributed by atoms with E-state index in [4.69, 9.17) is 0 Å². The van der Waals surface area contributed by atoms with Gasteiger partial charge in [-0.1, -0.05) is 80.1 Å². The van der Waals surface area contributed by atoms with Crippen molar-refractivity contribution in [2.45, 2.75) is 58.0 Å². The summed E-state index contributed by atoms with van der Waals surface area (Å²) in [6, 6.07) is 22.2. The van der Waals surface area contributed by atoms with Gasteiger partial charge in [0, 0.05) is 13.1 Å². The smallest absolute Gasteiger partial charge is 0.264 e. The molecule has 0 saturated heterocycles. The molecule has 38 heavy (non-hydrogen) atoms. The molecule has 0 spiro atoms. The van der Waals surface area contributed by atoms with Gasteiger partial charge in [0.05, 0.1) is 10.6 Å². The van der Waals surface area contributed by atoms with Crippen molar-refractivity contribution in [3.05, 3.63) is 95.6 Å². The number of nitrogens with one attached hydrogen (secondary N) is 1. The van der Waals surface area contributed by atoms with Crippen molar-refractivity contribution >= 4 is 27.5 Å². The molecule has 1 N–H and O–H groups in total. The van der Waals surface area contributed by atoms with Crippen molar-refractivity contribution in [2.24, 2.45) is 0 Å². The van der Waals surface area contributed by atoms with Crippen molar-refractivity contribution in [3.63, 3.8) is 0 Å². The van der Waals surface area contributed by atoms with E-state index >= 15 is 0 Å². The van der Waals surface area contributed by atoms with Crippen LogP contribution in [0, 0.1) is 6.92 Å². The molecule has 0 bridgehead atoms. The molecule has 1 atom stereocenters. The van der Waals surface area contributed by atoms with Crippen LogP contribution < -0.4 is 9.62 Å². The highest BCUT2D eigenvalue weighted by Crippen LogP contribution is 2.28. The summed E-state index contributed by atoms with van der Waals surface area (Å²) in [4.78, 5) is 28.5. The third-order valence-corrected chi connectivity index (χ3v) is 8.18. The average molecular weight is 536 g/mol. The number of aryl methyl sites for hydroxylation is 2. The summed E-state index contributed by atoms with van der Waals surface area (Å²) in [7, 11) is -4.07. The zero-order valence-corrected chi connectivity index (χ0v) is 23.4. The van der Waals surface area contributed by atoms with Gasteiger partial charge in [-0.2, -0.15) is 0 Å². The van der Waals surface area contributed by atoms with Crippen LogP contribution in [0.1, 0.15) is 43.9 Å². The van der Waals surface area contributed by atoms with E-state index in [0.717, 1.165) is 23.1 Å². The van der Waals surface area contributed by atoms with E-state index in [-0.39, 0.29) is 17.3 Å². The molecule has 0 radical (unpaired) electrons. The van der Waals surface area contributed by atoms with Crippen LogP contribution in [0.3, 0.4) is 0 Å². The number of hydrogen-bond donors (Lipinski definition) is 1. The number of carbonyl (C=O) groups is 2. The molecule has 3 rings (SSSR count). The average Bonchev–Trinajstić information content (AvgIpc) is 2.93. The molecule has 202 valence electrons. The standard InChI is InChI=1S/C30H37N3O4S/c1-5-19-31-30(35)24(4)32(21-25-14-12-13-23(3)20-25)29(34)22-33(28-18-11-10-15-26(28)6-2)38(36,37)27-16-8-7-9-17-27/h7-18,20,24H,5-6,19,21-22H2,1-4H3,(H,31,35)/t24-/m1/s1. The maximum absolute atomic E-state index is 14.0. The highest BCUT2D eigenvalue weighted by Gasteiger charge is 2.33. The lowest BCUT2D eigenvalue weighted by molar-refractivity contribution is -0.139. The highest BCUT2D eigenvalue weighted by atomic mass is 32.2. The fourth-order valence-electron chi connectivity index (χ4n) is 4.27. The molecule has 0 aromatic heterocycles. The van der Waals surface area contributed by atoms with Gasteiger partial charge in [-0.15, -0.1) is 0 Å². The van der Waals surface area contributed by atoms with Gasteiger partial charge in [-0.05, 0) is 56.0 Å². The van der Waals surface area contributed by atoms with Crippen LogP contribution in [0.4, 0.5) is 5.69 Å². The Morgan fingerprint density at radius 1 is 0.921 bits per heavy atom. The Hall–Kier alpha value is -3.65. The van der Waals surface area contributed by atoms with E-state index in [2.05, 4.69) is 5.32 Å². The summed E-state index contributed by atoms with van der Waals surface area (Å²) >= 11 is 0. The zero-order chi connectivity index (χ0) is 27.7. The Kier molecular flexibility index (Phi) is 10.1. The molecule has 0 unspecified atom stereocenters. The summed E-state index contributed by atoms with van der Waals surface area (Å²) in [5.74, 6) is -0.740. The summed E-state index contributed by atoms with van der Waals surface area (Å²) in [6.45, 7) is 7.77. The normalized spacial score (nSPS) is 12.0. The van der Waals surface area contributed by atoms with Gasteiger partial charge in [0.15, 0.2) is 0 Å². The number of nitrogens with zero attached hydrogens (tertiary/aromatic N) is 2. The maximum atomic E-state index is 14.0. The topological polar surface area (TPSA) is 86.8 Å². The van der Waals surface area contributed by atoms with E-state index in [0.29, 0.717) is 18.7 Å². The van der Waals surface area contributed by atoms with Gasteiger partial charge < -0.3 is 10.2 Å². The molecule has 8 heteroatoms. The number of sulfonamides is 1. The van der Waals surface area contributed by atoms with E-state index < -0.39 is 28.5 Å². The zero-order valence-electron chi connectivity index (χ0n) is 22.6. The molecule has 0 saturated carbocycles. The number of amides is 2. The molecular weight excluding hydrogens is 498 g/mol. The third-order valence-electron chi connectivity index (χ3n) is 6.40. The Morgan fingerprint density at radius 2 is 1.61 bits per heavy atom. The SMILES string of the molecule is CCCNC(=O)[C@@H](C)N(Cc1cccc(C)c1)C(=O)CN(c1ccccc1CC)S(=O)(=O)c1ccccc1. The number of benzene rings is 3. The number of carbonyl (C=O) groups excluding carboxylic acids is 2. The first kappa shape index (κ1) is 28.9. The second-order valence-corrected chi connectivity index (χ2v) is 11.1. The van der Waals surface area contributed by atoms with Crippen LogP contribution in [-0.2, 0) is 32.6 Å². The first-order valence-electron chi connectivity index (χ1n) is 13.0. The Bertz CT molecular complexity index is 1340. The summed E-state index contributed by atoms with van der Waals surface area (Å²) in [5, 5.41) is 2.86. The lowest BCUT2D eigenvalue weighted by Gasteiger charge is -2.32. The second kappa shape index (κ2) is 13.2. The van der Waals surface area contributed by atoms with Crippen LogP contribution in [0.15, 0.2) is 83.8 Å². The van der Waals surface area contributed by atoms with E-state index in [9.17, 15) is 18.0 Å². The summed E-state index contributed by atoms with van der Waals surface area (Å²) < 4.78 is 28.9. The first-order chi connectivity index (χ1) is 18.2. The molecule has 7 nitrogen and oxygen atoms in total. The minimum atomic E-state index is -4.07. The van der Waals surface area contributed by atoms with Gasteiger partial charge in [0.1, 0.15) is 12.6 Å². The quantitative estimate of drug-likeness (QED) is 0.364. The predicted molar refractivity (Wildman–Crippen MR) is 151 cm³/mol. The minimum absolute atomic E-state index is 0.0951. The Labute approximate surface area is 226 Å². The fourth-order valence-corrected chi connectivity index (χ4v) is 5.74. The van der Waals surface area contributed by atoms with Crippen LogP contribution in [0.5, 0.6) is 0 Å². The highest BCUT2D eigenvalue weighted by molar-refractivity contribution is 7.92. The van der Waals surface area contributed by atoms with Gasteiger partial charge in [0.25, 0.3) is 10.0 Å². The number of rotatable bonds is 12. The van der Waals surface area contributed by atoms with Gasteiger partial charge in [0.2, 0.25) is 11.8 Å². The van der Waals surface area contributed by atoms with Gasteiger partial charge in [-0.3, -0.25) is 13.9 Å². The van der Waals surface area contributed by atoms with E-state index in [1.165, 1.54) is 21.3 Å². The lowest BCUT2D eigenvalue weighted by atomic mass is 10.1. The summed E-state index contributed by atoms with van der Waals surface area (Å²) in [6.07, 6.45) is 1.36. The number of para-hydroxylation sites is 1. The number of anilines is 1. The molecular formula is C30H37N3O4S. The lowest BCUT2D eigenvalue weighted by Crippen LogP contribution is -2.51. The maximum Gasteiger partial charge on any atom is 0.264 e. The molecule has 3 aromatic carbocycles.